The second-order valence-corrected chi connectivity index (χ2v) is 19.7. The molecule has 4 aromatic heterocycles. The molecule has 0 unspecified atom stereocenters. The predicted octanol–water partition coefficient (Wildman–Crippen LogP) is 16.7. The maximum Gasteiger partial charge on any atom is 0.416 e. The van der Waals surface area contributed by atoms with Gasteiger partial charge in [-0.3, -0.25) is 0 Å². The van der Waals surface area contributed by atoms with Crippen molar-refractivity contribution in [3.63, 3.8) is 0 Å². The molecule has 0 bridgehead atoms. The summed E-state index contributed by atoms with van der Waals surface area (Å²) in [6.45, 7) is 0. The molecule has 13 heteroatoms. The molecule has 0 atom stereocenters. The van der Waals surface area contributed by atoms with Crippen molar-refractivity contribution in [1.29, 1.82) is 10.5 Å². The van der Waals surface area contributed by atoms with E-state index in [9.17, 15) is 23.7 Å². The Morgan fingerprint density at radius 1 is 0.317 bits per heavy atom. The zero-order chi connectivity index (χ0) is 55.5. The average Bonchev–Trinajstić information content (AvgIpc) is 3.15. The van der Waals surface area contributed by atoms with Crippen LogP contribution < -0.4 is 0 Å². The minimum Gasteiger partial charge on any atom is -0.309 e. The fraction of sp³-hybridized carbons (Fsp3) is 0.0145. The van der Waals surface area contributed by atoms with Crippen LogP contribution in [0, 0.1) is 22.7 Å². The van der Waals surface area contributed by atoms with E-state index in [-0.39, 0.29) is 16.7 Å². The molecule has 0 aliphatic carbocycles. The summed E-state index contributed by atoms with van der Waals surface area (Å²) in [6.07, 6.45) is -4.79. The van der Waals surface area contributed by atoms with E-state index in [1.165, 1.54) is 6.07 Å². The van der Waals surface area contributed by atoms with Gasteiger partial charge in [0, 0.05) is 60.5 Å². The molecule has 14 rings (SSSR count). The number of rotatable bonds is 9. The molecule has 0 saturated carbocycles. The van der Waals surface area contributed by atoms with Crippen LogP contribution in [0.1, 0.15) is 16.7 Å². The molecule has 0 amide bonds. The Morgan fingerprint density at radius 3 is 1.10 bits per heavy atom. The normalized spacial score (nSPS) is 11.6. The van der Waals surface area contributed by atoms with Crippen molar-refractivity contribution in [2.45, 2.75) is 6.18 Å². The van der Waals surface area contributed by atoms with Gasteiger partial charge in [0.2, 0.25) is 0 Å². The van der Waals surface area contributed by atoms with Gasteiger partial charge in [-0.2, -0.15) is 23.7 Å². The lowest BCUT2D eigenvalue weighted by Crippen LogP contribution is -2.07. The van der Waals surface area contributed by atoms with Crippen LogP contribution >= 0.6 is 0 Å². The molecule has 10 aromatic carbocycles. The lowest BCUT2D eigenvalue weighted by molar-refractivity contribution is -0.137. The van der Waals surface area contributed by atoms with Crippen molar-refractivity contribution >= 4 is 43.6 Å². The molecule has 0 N–H and O–H groups in total. The maximum atomic E-state index is 15.0. The summed E-state index contributed by atoms with van der Waals surface area (Å²) in [5.74, 6) is 2.91. The molecule has 0 aliphatic heterocycles. The molecule has 0 aliphatic rings. The van der Waals surface area contributed by atoms with Gasteiger partial charge in [-0.25, -0.2) is 29.9 Å². The largest absolute Gasteiger partial charge is 0.416 e. The van der Waals surface area contributed by atoms with E-state index in [2.05, 4.69) is 6.07 Å². The topological polar surface area (TPSA) is 135 Å². The van der Waals surface area contributed by atoms with Gasteiger partial charge in [0.05, 0.1) is 56.2 Å². The smallest absolute Gasteiger partial charge is 0.309 e. The van der Waals surface area contributed by atoms with Crippen LogP contribution in [-0.4, -0.2) is 39.0 Å². The molecule has 4 heterocycles. The van der Waals surface area contributed by atoms with Crippen LogP contribution in [0.3, 0.4) is 0 Å². The molecule has 82 heavy (non-hydrogen) atoms. The first kappa shape index (κ1) is 48.9. The third-order valence-corrected chi connectivity index (χ3v) is 14.7. The molecule has 0 radical (unpaired) electrons. The molecular formula is C69H39F3N10. The highest BCUT2D eigenvalue weighted by molar-refractivity contribution is 6.12. The van der Waals surface area contributed by atoms with Gasteiger partial charge >= 0.3 is 6.18 Å². The summed E-state index contributed by atoms with van der Waals surface area (Å²) < 4.78 is 48.8. The first-order chi connectivity index (χ1) is 40.2. The Morgan fingerprint density at radius 2 is 0.695 bits per heavy atom. The van der Waals surface area contributed by atoms with Crippen LogP contribution in [0.4, 0.5) is 13.2 Å². The van der Waals surface area contributed by atoms with Gasteiger partial charge in [-0.05, 0) is 84.4 Å². The van der Waals surface area contributed by atoms with E-state index < -0.39 is 11.7 Å². The molecule has 0 saturated heterocycles. The van der Waals surface area contributed by atoms with Gasteiger partial charge in [0.1, 0.15) is 6.07 Å². The highest BCUT2D eigenvalue weighted by atomic mass is 19.4. The molecule has 14 aromatic rings. The van der Waals surface area contributed by atoms with Crippen LogP contribution in [0.2, 0.25) is 0 Å². The number of hydrogen-bond acceptors (Lipinski definition) is 8. The SMILES string of the molecule is N#Cc1cc(-c2cc(-n3c4ccccc4c4cc(-c5nc(-c6ccccc6)nc(-c6ccccc6)n5)ccc43)c(C#N)cc2-n2c3ccccc3c3cc(-c4nc(-c5ccccc5)nc(-c5ccccc5)n4)ccc32)cc(C(F)(F)F)c1. The van der Waals surface area contributed by atoms with E-state index >= 15 is 0 Å². The van der Waals surface area contributed by atoms with E-state index in [1.807, 2.05) is 221 Å². The number of alkyl halides is 3. The summed E-state index contributed by atoms with van der Waals surface area (Å²) in [6, 6.07) is 77.5. The Balaban J connectivity index is 0.991. The zero-order valence-electron chi connectivity index (χ0n) is 43.1. The van der Waals surface area contributed by atoms with Crippen molar-refractivity contribution in [2.24, 2.45) is 0 Å². The Hall–Kier alpha value is -11.4. The predicted molar refractivity (Wildman–Crippen MR) is 314 cm³/mol. The number of nitrogens with zero attached hydrogens (tertiary/aromatic N) is 10. The minimum atomic E-state index is -4.79. The number of aromatic nitrogens is 8. The first-order valence-corrected chi connectivity index (χ1v) is 26.2. The number of halogens is 3. The Bertz CT molecular complexity index is 4810. The fourth-order valence-electron chi connectivity index (χ4n) is 10.9. The van der Waals surface area contributed by atoms with Gasteiger partial charge in [0.15, 0.2) is 34.9 Å². The second-order valence-electron chi connectivity index (χ2n) is 19.7. The number of para-hydroxylation sites is 2. The van der Waals surface area contributed by atoms with E-state index in [1.54, 1.807) is 12.1 Å². The Labute approximate surface area is 466 Å². The second kappa shape index (κ2) is 19.8. The van der Waals surface area contributed by atoms with Crippen molar-refractivity contribution in [3.05, 3.63) is 253 Å². The number of nitriles is 2. The third kappa shape index (κ3) is 8.63. The maximum absolute atomic E-state index is 15.0. The third-order valence-electron chi connectivity index (χ3n) is 14.7. The lowest BCUT2D eigenvalue weighted by Gasteiger charge is -2.20. The van der Waals surface area contributed by atoms with Crippen molar-refractivity contribution in [1.82, 2.24) is 39.0 Å². The molecule has 386 valence electrons. The summed E-state index contributed by atoms with van der Waals surface area (Å²) in [5.41, 5.74) is 7.97. The number of fused-ring (bicyclic) bond motifs is 6. The van der Waals surface area contributed by atoms with Crippen molar-refractivity contribution in [2.75, 3.05) is 0 Å². The summed E-state index contributed by atoms with van der Waals surface area (Å²) in [4.78, 5) is 29.8. The van der Waals surface area contributed by atoms with Crippen LogP contribution in [0.5, 0.6) is 0 Å². The minimum absolute atomic E-state index is 0.128. The van der Waals surface area contributed by atoms with E-state index in [0.29, 0.717) is 63.0 Å². The molecular weight excluding hydrogens is 1030 g/mol. The van der Waals surface area contributed by atoms with Crippen LogP contribution in [-0.2, 0) is 6.18 Å². The van der Waals surface area contributed by atoms with Crippen molar-refractivity contribution in [3.8, 4) is 103 Å². The average molecular weight is 1070 g/mol. The van der Waals surface area contributed by atoms with E-state index in [0.717, 1.165) is 78.0 Å². The summed E-state index contributed by atoms with van der Waals surface area (Å²) in [7, 11) is 0. The molecule has 10 nitrogen and oxygen atoms in total. The summed E-state index contributed by atoms with van der Waals surface area (Å²) in [5, 5.41) is 25.0. The van der Waals surface area contributed by atoms with Crippen LogP contribution in [0.25, 0.3) is 134 Å². The quantitative estimate of drug-likeness (QED) is 0.139. The van der Waals surface area contributed by atoms with Gasteiger partial charge in [-0.15, -0.1) is 0 Å². The van der Waals surface area contributed by atoms with Gasteiger partial charge in [0.25, 0.3) is 0 Å². The van der Waals surface area contributed by atoms with Gasteiger partial charge < -0.3 is 9.13 Å². The monoisotopic (exact) mass is 1060 g/mol. The van der Waals surface area contributed by atoms with Gasteiger partial charge in [-0.1, -0.05) is 158 Å². The highest BCUT2D eigenvalue weighted by Crippen LogP contribution is 2.44. The zero-order valence-corrected chi connectivity index (χ0v) is 43.1. The lowest BCUT2D eigenvalue weighted by atomic mass is 9.95. The van der Waals surface area contributed by atoms with Crippen molar-refractivity contribution < 1.29 is 13.2 Å². The first-order valence-electron chi connectivity index (χ1n) is 26.2. The molecule has 0 spiro atoms. The number of hydrogen-bond donors (Lipinski definition) is 0. The molecule has 0 fully saturated rings. The standard InChI is InChI=1S/C69H39F3N10/c70-69(71,72)51-34-42(40-73)33-49(35-51)54-39-61(81-57-27-15-13-25-52(57)55-36-47(29-31-59(55)81)67-77-63(43-17-5-1-6-18-43)75-64(78-67)44-19-7-2-8-20-44)50(41-74)38-62(54)82-58-28-16-14-26-53(58)56-37-48(30-32-60(56)82)68-79-65(45-21-9-3-10-22-45)76-66(80-68)46-23-11-4-12-24-46/h1-39H. The van der Waals surface area contributed by atoms with E-state index in [4.69, 9.17) is 29.9 Å². The van der Waals surface area contributed by atoms with Crippen LogP contribution in [0.15, 0.2) is 237 Å². The Kier molecular flexibility index (Phi) is 11.8. The number of benzene rings is 10. The fourth-order valence-corrected chi connectivity index (χ4v) is 10.9. The summed E-state index contributed by atoms with van der Waals surface area (Å²) >= 11 is 0. The highest BCUT2D eigenvalue weighted by Gasteiger charge is 2.32.